The Balaban J connectivity index is 1.09. The molecule has 0 N–H and O–H groups in total. The molecule has 3 heterocycles. The summed E-state index contributed by atoms with van der Waals surface area (Å²) >= 11 is 0. The molecule has 8 aromatic carbocycles. The first-order valence-corrected chi connectivity index (χ1v) is 19.2. The lowest BCUT2D eigenvalue weighted by Crippen LogP contribution is -1.97. The van der Waals surface area contributed by atoms with E-state index in [1.165, 1.54) is 40.6 Å². The molecule has 0 unspecified atom stereocenters. The van der Waals surface area contributed by atoms with Crippen molar-refractivity contribution in [3.63, 3.8) is 0 Å². The monoisotopic (exact) mass is 750 g/mol. The van der Waals surface area contributed by atoms with Crippen LogP contribution in [0, 0.1) is 11.6 Å². The Labute approximate surface area is 332 Å². The number of hydrogen-bond donors (Lipinski definition) is 0. The maximum atomic E-state index is 14.0. The van der Waals surface area contributed by atoms with E-state index < -0.39 is 0 Å². The lowest BCUT2D eigenvalue weighted by molar-refractivity contribution is 0.627. The SMILES string of the molecule is Fc1ccc(-c2cc(-c3ccc(F)cc3)nc(-c3ccc4c5ccc(-c6ccc7c(c6)c6ccccc6n7-c6ccccc6)cc5n(-c5ccccc5)c4c3)n2)cc1. The van der Waals surface area contributed by atoms with E-state index in [-0.39, 0.29) is 11.6 Å². The molecular weight excluding hydrogens is 719 g/mol. The first kappa shape index (κ1) is 33.6. The van der Waals surface area contributed by atoms with Gasteiger partial charge in [-0.3, -0.25) is 0 Å². The fourth-order valence-electron chi connectivity index (χ4n) is 8.31. The van der Waals surface area contributed by atoms with E-state index in [0.717, 1.165) is 66.5 Å². The van der Waals surface area contributed by atoms with Crippen molar-refractivity contribution in [3.8, 4) is 56.4 Å². The summed E-state index contributed by atoms with van der Waals surface area (Å²) in [7, 11) is 0. The Morgan fingerprint density at radius 3 is 1.34 bits per heavy atom. The highest BCUT2D eigenvalue weighted by Crippen LogP contribution is 2.39. The van der Waals surface area contributed by atoms with Gasteiger partial charge in [0.2, 0.25) is 0 Å². The predicted molar refractivity (Wildman–Crippen MR) is 232 cm³/mol. The molecule has 4 nitrogen and oxygen atoms in total. The molecule has 11 aromatic rings. The highest BCUT2D eigenvalue weighted by molar-refractivity contribution is 6.13. The van der Waals surface area contributed by atoms with Crippen molar-refractivity contribution in [2.45, 2.75) is 0 Å². The van der Waals surface area contributed by atoms with Crippen molar-refractivity contribution in [1.29, 1.82) is 0 Å². The van der Waals surface area contributed by atoms with Crippen molar-refractivity contribution in [2.24, 2.45) is 0 Å². The third kappa shape index (κ3) is 5.65. The second kappa shape index (κ2) is 13.5. The van der Waals surface area contributed by atoms with Gasteiger partial charge in [0.25, 0.3) is 0 Å². The lowest BCUT2D eigenvalue weighted by Gasteiger charge is -2.11. The molecule has 58 heavy (non-hydrogen) atoms. The zero-order valence-electron chi connectivity index (χ0n) is 31.0. The second-order valence-electron chi connectivity index (χ2n) is 14.5. The molecule has 6 heteroatoms. The van der Waals surface area contributed by atoms with E-state index in [0.29, 0.717) is 17.2 Å². The maximum absolute atomic E-state index is 14.0. The second-order valence-corrected chi connectivity index (χ2v) is 14.5. The van der Waals surface area contributed by atoms with Crippen LogP contribution >= 0.6 is 0 Å². The Bertz CT molecular complexity index is 3270. The summed E-state index contributed by atoms with van der Waals surface area (Å²) in [5.74, 6) is -0.137. The molecule has 0 amide bonds. The van der Waals surface area contributed by atoms with Crippen molar-refractivity contribution >= 4 is 43.6 Å². The summed E-state index contributed by atoms with van der Waals surface area (Å²) in [5, 5.41) is 4.64. The van der Waals surface area contributed by atoms with Crippen LogP contribution < -0.4 is 0 Å². The quantitative estimate of drug-likeness (QED) is 0.170. The molecule has 0 radical (unpaired) electrons. The van der Waals surface area contributed by atoms with E-state index in [1.807, 2.05) is 12.1 Å². The van der Waals surface area contributed by atoms with Crippen LogP contribution in [0.15, 0.2) is 194 Å². The molecule has 0 aliphatic heterocycles. The van der Waals surface area contributed by atoms with Gasteiger partial charge in [0, 0.05) is 49.6 Å². The van der Waals surface area contributed by atoms with Gasteiger partial charge >= 0.3 is 0 Å². The van der Waals surface area contributed by atoms with E-state index in [1.54, 1.807) is 24.3 Å². The normalized spacial score (nSPS) is 11.6. The maximum Gasteiger partial charge on any atom is 0.160 e. The number of rotatable bonds is 6. The standard InChI is InChI=1S/C52H32F2N4/c53-38-22-15-33(16-23-38)46-32-47(34-17-24-39(54)25-18-34)56-52(55-46)37-20-27-44-43-26-19-36(30-50(43)58(51(44)31-37)41-11-5-2-6-12-41)35-21-28-49-45(29-35)42-13-7-8-14-48(42)57(49)40-9-3-1-4-10-40/h1-32H. The summed E-state index contributed by atoms with van der Waals surface area (Å²) in [4.78, 5) is 10.0. The van der Waals surface area contributed by atoms with Crippen LogP contribution in [-0.4, -0.2) is 19.1 Å². The van der Waals surface area contributed by atoms with Crippen molar-refractivity contribution in [3.05, 3.63) is 206 Å². The summed E-state index contributed by atoms with van der Waals surface area (Å²) in [6.07, 6.45) is 0. The fourth-order valence-corrected chi connectivity index (χ4v) is 8.31. The Morgan fingerprint density at radius 1 is 0.310 bits per heavy atom. The molecule has 0 atom stereocenters. The Hall–Kier alpha value is -7.70. The predicted octanol–water partition coefficient (Wildman–Crippen LogP) is 13.6. The first-order valence-electron chi connectivity index (χ1n) is 19.2. The Morgan fingerprint density at radius 2 is 0.741 bits per heavy atom. The minimum absolute atomic E-state index is 0.324. The smallest absolute Gasteiger partial charge is 0.160 e. The fraction of sp³-hybridized carbons (Fsp3) is 0. The van der Waals surface area contributed by atoms with Gasteiger partial charge in [0.1, 0.15) is 11.6 Å². The topological polar surface area (TPSA) is 35.6 Å². The number of fused-ring (bicyclic) bond motifs is 6. The highest BCUT2D eigenvalue weighted by atomic mass is 19.1. The van der Waals surface area contributed by atoms with E-state index in [2.05, 4.69) is 143 Å². The van der Waals surface area contributed by atoms with Crippen molar-refractivity contribution < 1.29 is 8.78 Å². The van der Waals surface area contributed by atoms with Gasteiger partial charge in [-0.2, -0.15) is 0 Å². The van der Waals surface area contributed by atoms with Crippen molar-refractivity contribution in [2.75, 3.05) is 0 Å². The summed E-state index contributed by atoms with van der Waals surface area (Å²) in [6, 6.07) is 63.8. The van der Waals surface area contributed by atoms with Crippen LogP contribution in [0.2, 0.25) is 0 Å². The van der Waals surface area contributed by atoms with Crippen LogP contribution in [0.25, 0.3) is 100 Å². The molecule has 0 saturated heterocycles. The number of aromatic nitrogens is 4. The third-order valence-electron chi connectivity index (χ3n) is 11.1. The molecule has 11 rings (SSSR count). The highest BCUT2D eigenvalue weighted by Gasteiger charge is 2.18. The van der Waals surface area contributed by atoms with Gasteiger partial charge < -0.3 is 9.13 Å². The van der Waals surface area contributed by atoms with E-state index in [9.17, 15) is 8.78 Å². The molecule has 274 valence electrons. The zero-order valence-corrected chi connectivity index (χ0v) is 31.0. The number of para-hydroxylation sites is 3. The van der Waals surface area contributed by atoms with Crippen LogP contribution in [0.5, 0.6) is 0 Å². The van der Waals surface area contributed by atoms with Crippen LogP contribution in [0.4, 0.5) is 8.78 Å². The molecule has 0 aliphatic rings. The van der Waals surface area contributed by atoms with Gasteiger partial charge in [0.05, 0.1) is 33.5 Å². The van der Waals surface area contributed by atoms with E-state index in [4.69, 9.17) is 9.97 Å². The average molecular weight is 751 g/mol. The number of benzene rings is 8. The minimum atomic E-state index is -0.324. The summed E-state index contributed by atoms with van der Waals surface area (Å²) < 4.78 is 32.6. The molecule has 0 bridgehead atoms. The van der Waals surface area contributed by atoms with Gasteiger partial charge in [-0.05, 0) is 120 Å². The summed E-state index contributed by atoms with van der Waals surface area (Å²) in [6.45, 7) is 0. The van der Waals surface area contributed by atoms with E-state index >= 15 is 0 Å². The number of halogens is 2. The van der Waals surface area contributed by atoms with Crippen LogP contribution in [-0.2, 0) is 0 Å². The molecule has 0 aliphatic carbocycles. The summed E-state index contributed by atoms with van der Waals surface area (Å²) in [5.41, 5.74) is 12.5. The third-order valence-corrected chi connectivity index (χ3v) is 11.1. The molecule has 3 aromatic heterocycles. The van der Waals surface area contributed by atoms with Gasteiger partial charge in [0.15, 0.2) is 5.82 Å². The lowest BCUT2D eigenvalue weighted by atomic mass is 10.0. The number of hydrogen-bond acceptors (Lipinski definition) is 2. The van der Waals surface area contributed by atoms with Gasteiger partial charge in [-0.1, -0.05) is 84.9 Å². The molecule has 0 saturated carbocycles. The van der Waals surface area contributed by atoms with Gasteiger partial charge in [-0.15, -0.1) is 0 Å². The number of nitrogens with zero attached hydrogens (tertiary/aromatic N) is 4. The zero-order chi connectivity index (χ0) is 38.7. The molecular formula is C52H32F2N4. The van der Waals surface area contributed by atoms with Gasteiger partial charge in [-0.25, -0.2) is 18.7 Å². The Kier molecular flexibility index (Phi) is 7.83. The molecule has 0 spiro atoms. The van der Waals surface area contributed by atoms with Crippen LogP contribution in [0.1, 0.15) is 0 Å². The largest absolute Gasteiger partial charge is 0.309 e. The van der Waals surface area contributed by atoms with Crippen molar-refractivity contribution in [1.82, 2.24) is 19.1 Å². The first-order chi connectivity index (χ1) is 28.6. The minimum Gasteiger partial charge on any atom is -0.309 e. The molecule has 0 fully saturated rings. The van der Waals surface area contributed by atoms with Crippen LogP contribution in [0.3, 0.4) is 0 Å². The average Bonchev–Trinajstić information content (AvgIpc) is 3.79.